The van der Waals surface area contributed by atoms with E-state index < -0.39 is 58.7 Å². The van der Waals surface area contributed by atoms with E-state index in [1.54, 1.807) is 12.3 Å². The van der Waals surface area contributed by atoms with E-state index in [0.29, 0.717) is 10.9 Å². The Bertz CT molecular complexity index is 1570. The Morgan fingerprint density at radius 3 is 2.35 bits per heavy atom. The van der Waals surface area contributed by atoms with Crippen molar-refractivity contribution in [1.29, 1.82) is 0 Å². The quantitative estimate of drug-likeness (QED) is 0.264. The molecule has 0 saturated heterocycles. The molecular weight excluding hydrogens is 530 g/mol. The van der Waals surface area contributed by atoms with Gasteiger partial charge in [-0.2, -0.15) is 0 Å². The van der Waals surface area contributed by atoms with E-state index >= 15 is 4.39 Å². The number of methoxy groups -OCH3 is 1. The summed E-state index contributed by atoms with van der Waals surface area (Å²) in [6, 6.07) is 9.92. The minimum absolute atomic E-state index is 0.0269. The van der Waals surface area contributed by atoms with Crippen LogP contribution < -0.4 is 10.1 Å². The molecule has 1 atom stereocenters. The van der Waals surface area contributed by atoms with Gasteiger partial charge in [-0.25, -0.2) is 22.5 Å². The van der Waals surface area contributed by atoms with Crippen LogP contribution >= 0.6 is 0 Å². The number of aromatic nitrogens is 2. The molecule has 0 bridgehead atoms. The highest BCUT2D eigenvalue weighted by molar-refractivity contribution is 6.00. The van der Waals surface area contributed by atoms with Crippen molar-refractivity contribution in [2.45, 2.75) is 38.4 Å². The van der Waals surface area contributed by atoms with Gasteiger partial charge in [-0.15, -0.1) is 0 Å². The smallest absolute Gasteiger partial charge is 0.274 e. The van der Waals surface area contributed by atoms with Crippen molar-refractivity contribution in [1.82, 2.24) is 15.3 Å². The molecule has 0 aliphatic rings. The van der Waals surface area contributed by atoms with E-state index in [9.17, 15) is 28.2 Å². The van der Waals surface area contributed by atoms with Gasteiger partial charge in [-0.3, -0.25) is 9.78 Å². The molecule has 1 unspecified atom stereocenters. The molecule has 0 aliphatic heterocycles. The maximum Gasteiger partial charge on any atom is 0.274 e. The van der Waals surface area contributed by atoms with Gasteiger partial charge in [0.2, 0.25) is 0 Å². The van der Waals surface area contributed by atoms with Gasteiger partial charge >= 0.3 is 0 Å². The standard InChI is InChI=1S/C29H27F4N3O4/c1-15-9-17-10-18(11-21(40-4)24(17)34-13-15)26(37)35-14-29(39,27(32)33)22-12-20(28(2,3)38)23(31)25(36-22)16-5-7-19(30)8-6-16/h5-13,27,38-39H,14H2,1-4H3,(H,35,37). The van der Waals surface area contributed by atoms with Gasteiger partial charge in [-0.05, 0) is 74.9 Å². The van der Waals surface area contributed by atoms with Crippen molar-refractivity contribution in [3.63, 3.8) is 0 Å². The first-order chi connectivity index (χ1) is 18.7. The summed E-state index contributed by atoms with van der Waals surface area (Å²) in [5.41, 5.74) is -5.15. The van der Waals surface area contributed by atoms with E-state index in [4.69, 9.17) is 4.74 Å². The molecule has 0 aliphatic carbocycles. The molecule has 2 heterocycles. The molecule has 0 radical (unpaired) electrons. The lowest BCUT2D eigenvalue weighted by molar-refractivity contribution is -0.101. The minimum Gasteiger partial charge on any atom is -0.494 e. The zero-order valence-electron chi connectivity index (χ0n) is 22.1. The van der Waals surface area contributed by atoms with E-state index in [0.717, 1.165) is 23.8 Å². The van der Waals surface area contributed by atoms with E-state index in [-0.39, 0.29) is 16.9 Å². The number of ether oxygens (including phenoxy) is 1. The topological polar surface area (TPSA) is 105 Å². The summed E-state index contributed by atoms with van der Waals surface area (Å²) >= 11 is 0. The molecular formula is C29H27F4N3O4. The highest BCUT2D eigenvalue weighted by atomic mass is 19.3. The second-order valence-corrected chi connectivity index (χ2v) is 9.95. The van der Waals surface area contributed by atoms with Gasteiger partial charge in [0.25, 0.3) is 12.3 Å². The van der Waals surface area contributed by atoms with Crippen LogP contribution in [0.15, 0.2) is 54.7 Å². The summed E-state index contributed by atoms with van der Waals surface area (Å²) in [6.07, 6.45) is -1.86. The number of alkyl halides is 2. The third-order valence-corrected chi connectivity index (χ3v) is 6.42. The average Bonchev–Trinajstić information content (AvgIpc) is 2.90. The molecule has 0 fully saturated rings. The summed E-state index contributed by atoms with van der Waals surface area (Å²) < 4.78 is 63.1. The number of halogens is 4. The van der Waals surface area contributed by atoms with Gasteiger partial charge in [0.05, 0.1) is 24.9 Å². The molecule has 3 N–H and O–H groups in total. The highest BCUT2D eigenvalue weighted by Gasteiger charge is 2.43. The maximum absolute atomic E-state index is 15.4. The third kappa shape index (κ3) is 5.61. The number of carbonyl (C=O) groups is 1. The first kappa shape index (κ1) is 28.9. The number of hydrogen-bond acceptors (Lipinski definition) is 6. The van der Waals surface area contributed by atoms with Gasteiger partial charge < -0.3 is 20.3 Å². The van der Waals surface area contributed by atoms with Crippen LogP contribution in [0.25, 0.3) is 22.2 Å². The summed E-state index contributed by atoms with van der Waals surface area (Å²) in [6.45, 7) is 3.27. The van der Waals surface area contributed by atoms with Crippen LogP contribution in [-0.2, 0) is 11.2 Å². The summed E-state index contributed by atoms with van der Waals surface area (Å²) in [7, 11) is 1.40. The molecule has 11 heteroatoms. The number of aliphatic hydroxyl groups is 2. The average molecular weight is 558 g/mol. The van der Waals surface area contributed by atoms with Crippen LogP contribution in [0.1, 0.15) is 41.0 Å². The minimum atomic E-state index is -3.49. The Labute approximate surface area is 227 Å². The van der Waals surface area contributed by atoms with Crippen molar-refractivity contribution in [2.75, 3.05) is 13.7 Å². The Hall–Kier alpha value is -4.09. The highest BCUT2D eigenvalue weighted by Crippen LogP contribution is 2.36. The largest absolute Gasteiger partial charge is 0.494 e. The first-order valence-electron chi connectivity index (χ1n) is 12.2. The molecule has 1 amide bonds. The predicted octanol–water partition coefficient (Wildman–Crippen LogP) is 5.00. The maximum atomic E-state index is 15.4. The summed E-state index contributed by atoms with van der Waals surface area (Å²) in [4.78, 5) is 21.3. The van der Waals surface area contributed by atoms with E-state index in [2.05, 4.69) is 15.3 Å². The second-order valence-electron chi connectivity index (χ2n) is 9.95. The van der Waals surface area contributed by atoms with Gasteiger partial charge in [0.15, 0.2) is 11.4 Å². The second kappa shape index (κ2) is 10.8. The van der Waals surface area contributed by atoms with Gasteiger partial charge in [0, 0.05) is 28.3 Å². The lowest BCUT2D eigenvalue weighted by Gasteiger charge is -2.30. The fourth-order valence-electron chi connectivity index (χ4n) is 4.21. The van der Waals surface area contributed by atoms with Crippen LogP contribution in [-0.4, -0.2) is 46.2 Å². The molecule has 0 spiro atoms. The Morgan fingerprint density at radius 2 is 1.75 bits per heavy atom. The number of amides is 1. The fourth-order valence-corrected chi connectivity index (χ4v) is 4.21. The number of nitrogens with one attached hydrogen (secondary N) is 1. The Morgan fingerprint density at radius 1 is 1.07 bits per heavy atom. The molecule has 7 nitrogen and oxygen atoms in total. The summed E-state index contributed by atoms with van der Waals surface area (Å²) in [5, 5.41) is 24.6. The van der Waals surface area contributed by atoms with Crippen LogP contribution in [0.5, 0.6) is 5.75 Å². The van der Waals surface area contributed by atoms with Crippen LogP contribution in [0.4, 0.5) is 17.6 Å². The first-order valence-corrected chi connectivity index (χ1v) is 12.2. The SMILES string of the molecule is COc1cc(C(=O)NCC(O)(c2cc(C(C)(C)O)c(F)c(-c3ccc(F)cc3)n2)C(F)F)cc2cc(C)cnc12. The number of carbonyl (C=O) groups excluding carboxylic acids is 1. The molecule has 0 saturated carbocycles. The predicted molar refractivity (Wildman–Crippen MR) is 140 cm³/mol. The lowest BCUT2D eigenvalue weighted by Crippen LogP contribution is -2.47. The monoisotopic (exact) mass is 557 g/mol. The van der Waals surface area contributed by atoms with Crippen LogP contribution in [0.3, 0.4) is 0 Å². The van der Waals surface area contributed by atoms with Crippen molar-refractivity contribution in [2.24, 2.45) is 0 Å². The third-order valence-electron chi connectivity index (χ3n) is 6.42. The van der Waals surface area contributed by atoms with Crippen molar-refractivity contribution >= 4 is 16.8 Å². The van der Waals surface area contributed by atoms with Crippen molar-refractivity contribution in [3.8, 4) is 17.0 Å². The number of rotatable bonds is 8. The lowest BCUT2D eigenvalue weighted by atomic mass is 9.90. The number of benzene rings is 2. The molecule has 2 aromatic carbocycles. The van der Waals surface area contributed by atoms with Gasteiger partial charge in [0.1, 0.15) is 22.8 Å². The number of hydrogen-bond donors (Lipinski definition) is 3. The Kier molecular flexibility index (Phi) is 7.82. The number of nitrogens with zero attached hydrogens (tertiary/aromatic N) is 2. The van der Waals surface area contributed by atoms with Crippen molar-refractivity contribution in [3.05, 3.63) is 88.7 Å². The van der Waals surface area contributed by atoms with Crippen LogP contribution in [0, 0.1) is 18.6 Å². The van der Waals surface area contributed by atoms with E-state index in [1.165, 1.54) is 45.2 Å². The summed E-state index contributed by atoms with van der Waals surface area (Å²) in [5.74, 6) is -2.17. The molecule has 210 valence electrons. The molecule has 4 rings (SSSR count). The number of pyridine rings is 2. The van der Waals surface area contributed by atoms with Crippen LogP contribution in [0.2, 0.25) is 0 Å². The van der Waals surface area contributed by atoms with Crippen molar-refractivity contribution < 1.29 is 37.3 Å². The fraction of sp³-hybridized carbons (Fsp3) is 0.276. The van der Waals surface area contributed by atoms with E-state index in [1.807, 2.05) is 6.92 Å². The zero-order valence-corrected chi connectivity index (χ0v) is 22.1. The number of aryl methyl sites for hydroxylation is 1. The van der Waals surface area contributed by atoms with Gasteiger partial charge in [-0.1, -0.05) is 0 Å². The normalized spacial score (nSPS) is 13.4. The molecule has 4 aromatic rings. The number of fused-ring (bicyclic) bond motifs is 1. The Balaban J connectivity index is 1.75. The zero-order chi connectivity index (χ0) is 29.4. The molecule has 40 heavy (non-hydrogen) atoms. The molecule has 2 aromatic heterocycles.